The molecule has 2 saturated carbocycles. The summed E-state index contributed by atoms with van der Waals surface area (Å²) in [7, 11) is 1.86. The Hall–Kier alpha value is -4.20. The second kappa shape index (κ2) is 13.4. The summed E-state index contributed by atoms with van der Waals surface area (Å²) in [4.78, 5) is 43.9. The van der Waals surface area contributed by atoms with Gasteiger partial charge in [0.05, 0.1) is 5.54 Å². The maximum atomic E-state index is 13.1. The van der Waals surface area contributed by atoms with Crippen molar-refractivity contribution >= 4 is 23.7 Å². The van der Waals surface area contributed by atoms with E-state index in [1.807, 2.05) is 63.2 Å². The van der Waals surface area contributed by atoms with Crippen LogP contribution in [-0.2, 0) is 19.9 Å². The highest BCUT2D eigenvalue weighted by Crippen LogP contribution is 2.43. The quantitative estimate of drug-likeness (QED) is 0.272. The Morgan fingerprint density at radius 2 is 1.58 bits per heavy atom. The summed E-state index contributed by atoms with van der Waals surface area (Å²) in [6.45, 7) is 7.21. The average Bonchev–Trinajstić information content (AvgIpc) is 2.98. The maximum absolute atomic E-state index is 13.1. The number of hydrogen-bond donors (Lipinski definition) is 2. The minimum absolute atomic E-state index is 0.0368. The number of alkyl carbamates (subject to hydrolysis) is 1. The number of nitrogens with one attached hydrogen (secondary N) is 2. The van der Waals surface area contributed by atoms with Crippen LogP contribution in [-0.4, -0.2) is 46.5 Å². The third-order valence-corrected chi connectivity index (χ3v) is 9.29. The number of nitrogens with zero attached hydrogens (tertiary/aromatic N) is 2. The van der Waals surface area contributed by atoms with E-state index in [-0.39, 0.29) is 17.9 Å². The molecule has 5 rings (SSSR count). The predicted molar refractivity (Wildman–Crippen MR) is 177 cm³/mol. The molecule has 0 unspecified atom stereocenters. The number of hydrogen-bond acceptors (Lipinski definition) is 5. The van der Waals surface area contributed by atoms with Gasteiger partial charge >= 0.3 is 6.09 Å². The van der Waals surface area contributed by atoms with E-state index >= 15 is 0 Å². The highest BCUT2D eigenvalue weighted by atomic mass is 16.6. The molecule has 0 atom stereocenters. The van der Waals surface area contributed by atoms with Crippen molar-refractivity contribution in [3.8, 4) is 22.3 Å². The maximum Gasteiger partial charge on any atom is 0.408 e. The van der Waals surface area contributed by atoms with E-state index in [0.29, 0.717) is 18.2 Å². The van der Waals surface area contributed by atoms with Crippen molar-refractivity contribution in [3.05, 3.63) is 72.4 Å². The van der Waals surface area contributed by atoms with Gasteiger partial charge in [0.15, 0.2) is 0 Å². The van der Waals surface area contributed by atoms with Gasteiger partial charge in [0.2, 0.25) is 11.8 Å². The second-order valence-corrected chi connectivity index (χ2v) is 13.7. The molecular weight excluding hydrogens is 564 g/mol. The molecule has 0 aliphatic heterocycles. The van der Waals surface area contributed by atoms with Gasteiger partial charge in [0.1, 0.15) is 11.4 Å². The van der Waals surface area contributed by atoms with Crippen LogP contribution >= 0.6 is 0 Å². The molecule has 8 nitrogen and oxygen atoms in total. The number of benzene rings is 2. The van der Waals surface area contributed by atoms with Crippen molar-refractivity contribution < 1.29 is 19.1 Å². The van der Waals surface area contributed by atoms with Crippen LogP contribution < -0.4 is 10.6 Å². The Labute approximate surface area is 267 Å². The molecule has 0 bridgehead atoms. The number of pyridine rings is 1. The van der Waals surface area contributed by atoms with Gasteiger partial charge in [-0.2, -0.15) is 0 Å². The van der Waals surface area contributed by atoms with Crippen molar-refractivity contribution in [2.24, 2.45) is 5.92 Å². The van der Waals surface area contributed by atoms with Gasteiger partial charge in [-0.15, -0.1) is 0 Å². The number of anilines is 1. The number of amides is 3. The summed E-state index contributed by atoms with van der Waals surface area (Å²) in [5.74, 6) is 0.884. The number of rotatable bonds is 8. The largest absolute Gasteiger partial charge is 0.444 e. The molecule has 8 heteroatoms. The molecule has 2 fully saturated rings. The van der Waals surface area contributed by atoms with Crippen molar-refractivity contribution in [2.45, 2.75) is 96.2 Å². The minimum atomic E-state index is -0.556. The molecule has 1 aromatic heterocycles. The summed E-state index contributed by atoms with van der Waals surface area (Å²) in [6, 6.07) is 20.6. The van der Waals surface area contributed by atoms with Crippen LogP contribution in [0.3, 0.4) is 0 Å². The van der Waals surface area contributed by atoms with Gasteiger partial charge in [-0.1, -0.05) is 54.6 Å². The Kier molecular flexibility index (Phi) is 9.61. The van der Waals surface area contributed by atoms with Crippen molar-refractivity contribution in [2.75, 3.05) is 12.4 Å². The summed E-state index contributed by atoms with van der Waals surface area (Å²) < 4.78 is 5.55. The molecule has 3 aromatic rings. The molecule has 2 aliphatic rings. The minimum Gasteiger partial charge on any atom is -0.444 e. The molecule has 0 saturated heterocycles. The van der Waals surface area contributed by atoms with Crippen molar-refractivity contribution in [1.82, 2.24) is 15.2 Å². The smallest absolute Gasteiger partial charge is 0.408 e. The zero-order valence-electron chi connectivity index (χ0n) is 27.2. The fraction of sp³-hybridized carbons (Fsp3) is 0.459. The first kappa shape index (κ1) is 32.2. The van der Waals surface area contributed by atoms with Crippen LogP contribution in [0.25, 0.3) is 22.3 Å². The lowest BCUT2D eigenvalue weighted by molar-refractivity contribution is -0.130. The summed E-state index contributed by atoms with van der Waals surface area (Å²) in [6.07, 6.45) is 8.38. The van der Waals surface area contributed by atoms with Gasteiger partial charge in [0, 0.05) is 38.2 Å². The fourth-order valence-electron chi connectivity index (χ4n) is 6.54. The Balaban J connectivity index is 1.31. The molecule has 238 valence electrons. The highest BCUT2D eigenvalue weighted by Gasteiger charge is 2.41. The van der Waals surface area contributed by atoms with Crippen LogP contribution in [0.5, 0.6) is 0 Å². The standard InChI is InChI=1S/C37H46N4O4/c1-25(42)41(5)30-18-12-26(13-19-30)22-34(43)39-33-23-31(27-10-7-6-8-11-27)32(24-38-33)28-14-16-29(17-15-28)37(20-9-21-37)40-35(44)45-36(2,3)4/h6-8,10-11,14-17,23-24,26,30H,9,12-13,18-22H2,1-5H3,(H,40,44)(H,38,39,43). The Bertz CT molecular complexity index is 1500. The van der Waals surface area contributed by atoms with Gasteiger partial charge in [0.25, 0.3) is 0 Å². The first-order chi connectivity index (χ1) is 21.4. The van der Waals surface area contributed by atoms with Crippen molar-refractivity contribution in [3.63, 3.8) is 0 Å². The van der Waals surface area contributed by atoms with Crippen LogP contribution in [0.4, 0.5) is 10.6 Å². The van der Waals surface area contributed by atoms with Gasteiger partial charge in [-0.3, -0.25) is 9.59 Å². The molecule has 3 amide bonds. The number of ether oxygens (including phenoxy) is 1. The van der Waals surface area contributed by atoms with Gasteiger partial charge < -0.3 is 20.3 Å². The lowest BCUT2D eigenvalue weighted by Crippen LogP contribution is -2.52. The molecule has 2 N–H and O–H groups in total. The van der Waals surface area contributed by atoms with E-state index in [2.05, 4.69) is 52.0 Å². The second-order valence-electron chi connectivity index (χ2n) is 13.7. The summed E-state index contributed by atoms with van der Waals surface area (Å²) >= 11 is 0. The monoisotopic (exact) mass is 610 g/mol. The van der Waals surface area contributed by atoms with Crippen LogP contribution in [0.1, 0.15) is 84.6 Å². The molecule has 2 aromatic carbocycles. The van der Waals surface area contributed by atoms with Crippen LogP contribution in [0.15, 0.2) is 66.9 Å². The van der Waals surface area contributed by atoms with E-state index in [1.54, 1.807) is 6.92 Å². The third kappa shape index (κ3) is 7.91. The molecule has 45 heavy (non-hydrogen) atoms. The summed E-state index contributed by atoms with van der Waals surface area (Å²) in [5.41, 5.74) is 4.06. The van der Waals surface area contributed by atoms with E-state index in [1.165, 1.54) is 0 Å². The average molecular weight is 611 g/mol. The highest BCUT2D eigenvalue weighted by molar-refractivity contribution is 5.92. The number of aromatic nitrogens is 1. The predicted octanol–water partition coefficient (Wildman–Crippen LogP) is 7.69. The number of carbonyl (C=O) groups is 3. The van der Waals surface area contributed by atoms with Gasteiger partial charge in [-0.05, 0) is 100.0 Å². The Morgan fingerprint density at radius 1 is 0.933 bits per heavy atom. The molecule has 2 aliphatic carbocycles. The normalized spacial score (nSPS) is 19.1. The molecular formula is C37H46N4O4. The zero-order chi connectivity index (χ0) is 32.2. The molecule has 1 heterocycles. The van der Waals surface area contributed by atoms with E-state index in [9.17, 15) is 14.4 Å². The SMILES string of the molecule is CC(=O)N(C)C1CCC(CC(=O)Nc2cc(-c3ccccc3)c(-c3ccc(C4(NC(=O)OC(C)(C)C)CCC4)cc3)cn2)CC1. The third-order valence-electron chi connectivity index (χ3n) is 9.29. The molecule has 0 spiro atoms. The van der Waals surface area contributed by atoms with E-state index in [4.69, 9.17) is 4.74 Å². The summed E-state index contributed by atoms with van der Waals surface area (Å²) in [5, 5.41) is 6.18. The first-order valence-corrected chi connectivity index (χ1v) is 16.1. The lowest BCUT2D eigenvalue weighted by Gasteiger charge is -2.43. The first-order valence-electron chi connectivity index (χ1n) is 16.1. The van der Waals surface area contributed by atoms with Crippen molar-refractivity contribution in [1.29, 1.82) is 0 Å². The molecule has 0 radical (unpaired) electrons. The Morgan fingerprint density at radius 3 is 2.16 bits per heavy atom. The van der Waals surface area contributed by atoms with Gasteiger partial charge in [-0.25, -0.2) is 9.78 Å². The fourth-order valence-corrected chi connectivity index (χ4v) is 6.54. The van der Waals surface area contributed by atoms with Crippen LogP contribution in [0.2, 0.25) is 0 Å². The van der Waals surface area contributed by atoms with E-state index in [0.717, 1.165) is 72.8 Å². The van der Waals surface area contributed by atoms with E-state index < -0.39 is 17.2 Å². The zero-order valence-corrected chi connectivity index (χ0v) is 27.2. The topological polar surface area (TPSA) is 101 Å². The number of carbonyl (C=O) groups excluding carboxylic acids is 3. The lowest BCUT2D eigenvalue weighted by atomic mass is 9.71. The van der Waals surface area contributed by atoms with Crippen LogP contribution in [0, 0.1) is 5.92 Å².